The monoisotopic (exact) mass is 376 g/mol. The van der Waals surface area contributed by atoms with Crippen molar-refractivity contribution in [3.05, 3.63) is 63.3 Å². The van der Waals surface area contributed by atoms with Gasteiger partial charge < -0.3 is 15.5 Å². The third-order valence-electron chi connectivity index (χ3n) is 3.71. The maximum Gasteiger partial charge on any atom is 0.338 e. The van der Waals surface area contributed by atoms with Crippen LogP contribution in [-0.2, 0) is 4.74 Å². The Morgan fingerprint density at radius 1 is 1.16 bits per heavy atom. The molecular weight excluding hydrogens is 363 g/mol. The van der Waals surface area contributed by atoms with Gasteiger partial charge in [-0.1, -0.05) is 35.3 Å². The molecule has 0 bridgehead atoms. The first-order valence-corrected chi connectivity index (χ1v) is 8.26. The third kappa shape index (κ3) is 3.21. The normalized spacial score (nSPS) is 10.8. The van der Waals surface area contributed by atoms with Gasteiger partial charge in [-0.2, -0.15) is 0 Å². The van der Waals surface area contributed by atoms with Gasteiger partial charge in [-0.3, -0.25) is 4.79 Å². The molecule has 0 aliphatic carbocycles. The lowest BCUT2D eigenvalue weighted by molar-refractivity contribution is 0.0528. The van der Waals surface area contributed by atoms with Gasteiger partial charge in [0.25, 0.3) is 0 Å². The first kappa shape index (κ1) is 17.3. The Hall–Kier alpha value is -2.50. The molecule has 25 heavy (non-hydrogen) atoms. The van der Waals surface area contributed by atoms with E-state index >= 15 is 0 Å². The van der Waals surface area contributed by atoms with Crippen LogP contribution in [0, 0.1) is 0 Å². The SMILES string of the molecule is CCOC(=O)c1cc(Cl)cc2[nH]c(C(=O)c3cccc(Cl)c3)c(N)c12. The Labute approximate surface area is 153 Å². The summed E-state index contributed by atoms with van der Waals surface area (Å²) in [4.78, 5) is 27.9. The molecule has 0 aliphatic heterocycles. The zero-order valence-electron chi connectivity index (χ0n) is 13.2. The summed E-state index contributed by atoms with van der Waals surface area (Å²) in [6.07, 6.45) is 0. The highest BCUT2D eigenvalue weighted by atomic mass is 35.5. The number of aromatic nitrogens is 1. The van der Waals surface area contributed by atoms with E-state index in [9.17, 15) is 9.59 Å². The summed E-state index contributed by atoms with van der Waals surface area (Å²) in [6, 6.07) is 9.61. The summed E-state index contributed by atoms with van der Waals surface area (Å²) in [6.45, 7) is 1.92. The van der Waals surface area contributed by atoms with Crippen molar-refractivity contribution in [1.29, 1.82) is 0 Å². The molecule has 3 rings (SSSR count). The van der Waals surface area contributed by atoms with Crippen molar-refractivity contribution < 1.29 is 14.3 Å². The molecule has 0 amide bonds. The van der Waals surface area contributed by atoms with Crippen LogP contribution in [0.15, 0.2) is 36.4 Å². The number of nitrogen functional groups attached to an aromatic ring is 1. The molecule has 3 aromatic rings. The standard InChI is InChI=1S/C18H14Cl2N2O3/c1-2-25-18(24)12-7-11(20)8-13-14(12)15(21)16(22-13)17(23)9-4-3-5-10(19)6-9/h3-8,22H,2,21H2,1H3. The number of carbonyl (C=O) groups excluding carboxylic acids is 2. The lowest BCUT2D eigenvalue weighted by Crippen LogP contribution is -2.07. The number of nitrogens with two attached hydrogens (primary N) is 1. The molecule has 7 heteroatoms. The summed E-state index contributed by atoms with van der Waals surface area (Å²) in [7, 11) is 0. The molecule has 0 spiro atoms. The Balaban J connectivity index is 2.18. The molecule has 128 valence electrons. The first-order chi connectivity index (χ1) is 11.9. The number of anilines is 1. The molecule has 0 aliphatic rings. The highest BCUT2D eigenvalue weighted by Gasteiger charge is 2.23. The Morgan fingerprint density at radius 2 is 1.92 bits per heavy atom. The van der Waals surface area contributed by atoms with Gasteiger partial charge in [-0.15, -0.1) is 0 Å². The number of aromatic amines is 1. The minimum Gasteiger partial charge on any atom is -0.462 e. The minimum atomic E-state index is -0.553. The Bertz CT molecular complexity index is 995. The summed E-state index contributed by atoms with van der Waals surface area (Å²) in [5.41, 5.74) is 7.58. The van der Waals surface area contributed by atoms with E-state index < -0.39 is 5.97 Å². The molecule has 1 aromatic heterocycles. The van der Waals surface area contributed by atoms with Crippen LogP contribution in [0.25, 0.3) is 10.9 Å². The predicted molar refractivity (Wildman–Crippen MR) is 98.6 cm³/mol. The summed E-state index contributed by atoms with van der Waals surface area (Å²) < 4.78 is 5.05. The molecule has 0 unspecified atom stereocenters. The van der Waals surface area contributed by atoms with Gasteiger partial charge in [0.05, 0.1) is 23.4 Å². The number of rotatable bonds is 4. The number of halogens is 2. The second-order valence-electron chi connectivity index (χ2n) is 5.35. The van der Waals surface area contributed by atoms with Gasteiger partial charge in [0.1, 0.15) is 5.69 Å². The molecule has 5 nitrogen and oxygen atoms in total. The lowest BCUT2D eigenvalue weighted by atomic mass is 10.0. The fraction of sp³-hybridized carbons (Fsp3) is 0.111. The van der Waals surface area contributed by atoms with Crippen LogP contribution in [0.4, 0.5) is 5.69 Å². The number of ether oxygens (including phenoxy) is 1. The molecule has 1 heterocycles. The topological polar surface area (TPSA) is 85.2 Å². The quantitative estimate of drug-likeness (QED) is 0.519. The van der Waals surface area contributed by atoms with E-state index in [2.05, 4.69) is 4.98 Å². The van der Waals surface area contributed by atoms with Crippen LogP contribution in [0.1, 0.15) is 33.3 Å². The van der Waals surface area contributed by atoms with Crippen LogP contribution in [0.2, 0.25) is 10.0 Å². The van der Waals surface area contributed by atoms with E-state index in [4.69, 9.17) is 33.7 Å². The number of fused-ring (bicyclic) bond motifs is 1. The zero-order valence-corrected chi connectivity index (χ0v) is 14.7. The molecule has 0 radical (unpaired) electrons. The molecular formula is C18H14Cl2N2O3. The van der Waals surface area contributed by atoms with Crippen LogP contribution in [0.5, 0.6) is 0 Å². The van der Waals surface area contributed by atoms with Gasteiger partial charge >= 0.3 is 5.97 Å². The number of H-pyrrole nitrogens is 1. The van der Waals surface area contributed by atoms with Crippen LogP contribution in [0.3, 0.4) is 0 Å². The number of benzene rings is 2. The lowest BCUT2D eigenvalue weighted by Gasteiger charge is -2.05. The van der Waals surface area contributed by atoms with Gasteiger partial charge in [0.2, 0.25) is 5.78 Å². The zero-order chi connectivity index (χ0) is 18.1. The Morgan fingerprint density at radius 3 is 2.60 bits per heavy atom. The van der Waals surface area contributed by atoms with Crippen molar-refractivity contribution in [3.8, 4) is 0 Å². The third-order valence-corrected chi connectivity index (χ3v) is 4.16. The van der Waals surface area contributed by atoms with Crippen LogP contribution < -0.4 is 5.73 Å². The number of ketones is 1. The van der Waals surface area contributed by atoms with E-state index in [1.807, 2.05) is 0 Å². The fourth-order valence-corrected chi connectivity index (χ4v) is 3.05. The summed E-state index contributed by atoms with van der Waals surface area (Å²) in [5, 5.41) is 1.18. The van der Waals surface area contributed by atoms with Gasteiger partial charge in [0, 0.05) is 21.0 Å². The average Bonchev–Trinajstić information content (AvgIpc) is 2.90. The van der Waals surface area contributed by atoms with Crippen molar-refractivity contribution in [3.63, 3.8) is 0 Å². The minimum absolute atomic E-state index is 0.166. The van der Waals surface area contributed by atoms with Crippen molar-refractivity contribution in [2.45, 2.75) is 6.92 Å². The maximum absolute atomic E-state index is 12.8. The molecule has 0 fully saturated rings. The number of hydrogen-bond donors (Lipinski definition) is 2. The van der Waals surface area contributed by atoms with E-state index in [1.165, 1.54) is 6.07 Å². The molecule has 0 saturated carbocycles. The van der Waals surface area contributed by atoms with Gasteiger partial charge in [0.15, 0.2) is 0 Å². The molecule has 0 saturated heterocycles. The summed E-state index contributed by atoms with van der Waals surface area (Å²) >= 11 is 12.0. The second kappa shape index (κ2) is 6.78. The highest BCUT2D eigenvalue weighted by Crippen LogP contribution is 2.33. The number of hydrogen-bond acceptors (Lipinski definition) is 4. The van der Waals surface area contributed by atoms with Crippen molar-refractivity contribution in [2.75, 3.05) is 12.3 Å². The largest absolute Gasteiger partial charge is 0.462 e. The Kier molecular flexibility index (Phi) is 4.70. The fourth-order valence-electron chi connectivity index (χ4n) is 2.65. The number of esters is 1. The highest BCUT2D eigenvalue weighted by molar-refractivity contribution is 6.33. The van der Waals surface area contributed by atoms with E-state index in [1.54, 1.807) is 37.3 Å². The number of nitrogens with one attached hydrogen (secondary N) is 1. The van der Waals surface area contributed by atoms with E-state index in [-0.39, 0.29) is 29.3 Å². The first-order valence-electron chi connectivity index (χ1n) is 7.50. The second-order valence-corrected chi connectivity index (χ2v) is 6.22. The maximum atomic E-state index is 12.8. The van der Waals surface area contributed by atoms with Crippen LogP contribution in [-0.4, -0.2) is 23.3 Å². The smallest absolute Gasteiger partial charge is 0.338 e. The van der Waals surface area contributed by atoms with Gasteiger partial charge in [-0.25, -0.2) is 4.79 Å². The van der Waals surface area contributed by atoms with E-state index in [0.29, 0.717) is 26.5 Å². The molecule has 0 atom stereocenters. The molecule has 2 aromatic carbocycles. The van der Waals surface area contributed by atoms with E-state index in [0.717, 1.165) is 0 Å². The van der Waals surface area contributed by atoms with Crippen LogP contribution >= 0.6 is 23.2 Å². The molecule has 3 N–H and O–H groups in total. The predicted octanol–water partition coefficient (Wildman–Crippen LogP) is 4.46. The summed E-state index contributed by atoms with van der Waals surface area (Å²) in [5.74, 6) is -0.885. The van der Waals surface area contributed by atoms with Crippen molar-refractivity contribution in [1.82, 2.24) is 4.98 Å². The van der Waals surface area contributed by atoms with Crippen molar-refractivity contribution in [2.24, 2.45) is 0 Å². The van der Waals surface area contributed by atoms with Gasteiger partial charge in [-0.05, 0) is 31.2 Å². The number of carbonyl (C=O) groups is 2. The van der Waals surface area contributed by atoms with Crippen molar-refractivity contribution >= 4 is 51.5 Å². The average molecular weight is 377 g/mol.